The van der Waals surface area contributed by atoms with Crippen LogP contribution in [0.1, 0.15) is 48.6 Å². The lowest BCUT2D eigenvalue weighted by atomic mass is 9.82. The van der Waals surface area contributed by atoms with Crippen LogP contribution >= 0.6 is 23.2 Å². The first-order chi connectivity index (χ1) is 13.6. The number of carbonyl (C=O) groups is 1. The average molecular weight is 435 g/mol. The Hall–Kier alpha value is -1.75. The lowest BCUT2D eigenvalue weighted by Crippen LogP contribution is -2.58. The molecule has 0 aliphatic carbocycles. The minimum Gasteiger partial charge on any atom is -0.481 e. The van der Waals surface area contributed by atoms with Crippen LogP contribution in [0.4, 0.5) is 5.69 Å². The van der Waals surface area contributed by atoms with Gasteiger partial charge in [0.2, 0.25) is 0 Å². The molecule has 1 aliphatic rings. The van der Waals surface area contributed by atoms with Gasteiger partial charge in [0.1, 0.15) is 0 Å². The van der Waals surface area contributed by atoms with E-state index in [1.807, 2.05) is 26.0 Å². The molecule has 1 aliphatic heterocycles. The van der Waals surface area contributed by atoms with Crippen molar-refractivity contribution in [3.63, 3.8) is 0 Å². The van der Waals surface area contributed by atoms with E-state index in [0.717, 1.165) is 33.8 Å². The zero-order chi connectivity index (χ0) is 21.3. The van der Waals surface area contributed by atoms with Crippen molar-refractivity contribution in [3.8, 4) is 0 Å². The Bertz CT molecular complexity index is 900. The molecule has 0 radical (unpaired) electrons. The lowest BCUT2D eigenvalue weighted by Gasteiger charge is -2.45. The van der Waals surface area contributed by atoms with Crippen molar-refractivity contribution in [2.75, 3.05) is 18.4 Å². The molecule has 0 bridgehead atoms. The Morgan fingerprint density at radius 1 is 1.21 bits per heavy atom. The summed E-state index contributed by atoms with van der Waals surface area (Å²) in [5.74, 6) is -0.741. The third-order valence-corrected chi connectivity index (χ3v) is 6.68. The number of benzene rings is 2. The van der Waals surface area contributed by atoms with Gasteiger partial charge in [-0.05, 0) is 67.6 Å². The number of carboxylic acid groups (broad SMARTS) is 1. The van der Waals surface area contributed by atoms with E-state index < -0.39 is 11.4 Å². The first-order valence-corrected chi connectivity index (χ1v) is 10.7. The van der Waals surface area contributed by atoms with Crippen molar-refractivity contribution in [1.82, 2.24) is 4.90 Å². The molecule has 1 atom stereocenters. The fraction of sp³-hybridized carbons (Fsp3) is 0.435. The van der Waals surface area contributed by atoms with Crippen LogP contribution in [0.3, 0.4) is 0 Å². The third-order valence-electron chi connectivity index (χ3n) is 5.71. The molecule has 4 nitrogen and oxygen atoms in total. The van der Waals surface area contributed by atoms with Gasteiger partial charge in [-0.15, -0.1) is 0 Å². The van der Waals surface area contributed by atoms with Gasteiger partial charge >= 0.3 is 5.97 Å². The monoisotopic (exact) mass is 434 g/mol. The fourth-order valence-corrected chi connectivity index (χ4v) is 4.30. The maximum atomic E-state index is 11.3. The first kappa shape index (κ1) is 21.9. The minimum atomic E-state index is -0.741. The Labute approximate surface area is 182 Å². The number of carboxylic acids is 1. The molecule has 0 aromatic heterocycles. The third kappa shape index (κ3) is 4.71. The summed E-state index contributed by atoms with van der Waals surface area (Å²) in [5, 5.41) is 14.4. The number of nitrogens with one attached hydrogen (secondary N) is 1. The highest BCUT2D eigenvalue weighted by atomic mass is 35.5. The van der Waals surface area contributed by atoms with Gasteiger partial charge in [0.15, 0.2) is 0 Å². The predicted molar refractivity (Wildman–Crippen MR) is 120 cm³/mol. The summed E-state index contributed by atoms with van der Waals surface area (Å²) in [6.45, 7) is 9.73. The van der Waals surface area contributed by atoms with E-state index in [2.05, 4.69) is 35.3 Å². The van der Waals surface area contributed by atoms with E-state index in [4.69, 9.17) is 23.2 Å². The van der Waals surface area contributed by atoms with Gasteiger partial charge in [0.25, 0.3) is 0 Å². The van der Waals surface area contributed by atoms with Gasteiger partial charge in [-0.3, -0.25) is 9.69 Å². The van der Waals surface area contributed by atoms with Crippen LogP contribution in [0.25, 0.3) is 0 Å². The number of anilines is 1. The number of rotatable bonds is 7. The molecule has 156 valence electrons. The largest absolute Gasteiger partial charge is 0.481 e. The second-order valence-corrected chi connectivity index (χ2v) is 9.18. The van der Waals surface area contributed by atoms with Crippen LogP contribution in [-0.2, 0) is 11.3 Å². The SMILES string of the molecule is CC[C@@H](Nc1ccc(Cl)c(CN2CC(C)(C(=O)O)C2)c1)c1cc(C)c(Cl)c(C)c1. The van der Waals surface area contributed by atoms with E-state index >= 15 is 0 Å². The van der Waals surface area contributed by atoms with Crippen molar-refractivity contribution in [1.29, 1.82) is 0 Å². The number of likely N-dealkylation sites (tertiary alicyclic amines) is 1. The molecule has 6 heteroatoms. The number of hydrogen-bond acceptors (Lipinski definition) is 3. The van der Waals surface area contributed by atoms with Crippen molar-refractivity contribution in [3.05, 3.63) is 62.6 Å². The number of halogens is 2. The van der Waals surface area contributed by atoms with Gasteiger partial charge in [-0.25, -0.2) is 0 Å². The molecular formula is C23H28Cl2N2O2. The van der Waals surface area contributed by atoms with Crippen molar-refractivity contribution in [2.45, 2.75) is 46.7 Å². The highest BCUT2D eigenvalue weighted by Crippen LogP contribution is 2.34. The van der Waals surface area contributed by atoms with Crippen LogP contribution in [0, 0.1) is 19.3 Å². The quantitative estimate of drug-likeness (QED) is 0.554. The van der Waals surface area contributed by atoms with Crippen molar-refractivity contribution < 1.29 is 9.90 Å². The molecule has 0 saturated carbocycles. The van der Waals surface area contributed by atoms with E-state index in [0.29, 0.717) is 24.7 Å². The zero-order valence-corrected chi connectivity index (χ0v) is 18.9. The lowest BCUT2D eigenvalue weighted by molar-refractivity contribution is -0.158. The van der Waals surface area contributed by atoms with E-state index in [1.165, 1.54) is 5.56 Å². The molecule has 1 heterocycles. The predicted octanol–water partition coefficient (Wildman–Crippen LogP) is 6.08. The van der Waals surface area contributed by atoms with Crippen molar-refractivity contribution in [2.24, 2.45) is 5.41 Å². The average Bonchev–Trinajstić information content (AvgIpc) is 2.64. The Morgan fingerprint density at radius 3 is 2.38 bits per heavy atom. The molecule has 1 saturated heterocycles. The van der Waals surface area contributed by atoms with Gasteiger partial charge in [-0.1, -0.05) is 42.3 Å². The first-order valence-electron chi connectivity index (χ1n) is 9.90. The highest BCUT2D eigenvalue weighted by Gasteiger charge is 2.45. The molecule has 0 spiro atoms. The molecule has 29 heavy (non-hydrogen) atoms. The summed E-state index contributed by atoms with van der Waals surface area (Å²) in [6.07, 6.45) is 0.932. The van der Waals surface area contributed by atoms with Crippen molar-refractivity contribution >= 4 is 34.9 Å². The maximum absolute atomic E-state index is 11.3. The topological polar surface area (TPSA) is 52.6 Å². The summed E-state index contributed by atoms with van der Waals surface area (Å²) >= 11 is 12.7. The summed E-state index contributed by atoms with van der Waals surface area (Å²) in [4.78, 5) is 13.4. The smallest absolute Gasteiger partial charge is 0.311 e. The number of nitrogens with zero attached hydrogens (tertiary/aromatic N) is 1. The molecule has 0 unspecified atom stereocenters. The molecule has 0 amide bonds. The Balaban J connectivity index is 1.74. The van der Waals surface area contributed by atoms with Crippen LogP contribution in [0.15, 0.2) is 30.3 Å². The van der Waals surface area contributed by atoms with E-state index in [9.17, 15) is 9.90 Å². The summed E-state index contributed by atoms with van der Waals surface area (Å²) in [5.41, 5.74) is 4.73. The maximum Gasteiger partial charge on any atom is 0.311 e. The highest BCUT2D eigenvalue weighted by molar-refractivity contribution is 6.32. The standard InChI is InChI=1S/C23H28Cl2N2O2/c1-5-20(16-8-14(2)21(25)15(3)9-16)26-18-6-7-19(24)17(10-18)11-27-12-23(4,13-27)22(28)29/h6-10,20,26H,5,11-13H2,1-4H3,(H,28,29)/t20-/m1/s1. The van der Waals surface area contributed by atoms with Gasteiger partial charge in [0.05, 0.1) is 11.5 Å². The summed E-state index contributed by atoms with van der Waals surface area (Å²) < 4.78 is 0. The van der Waals surface area contributed by atoms with Gasteiger partial charge < -0.3 is 10.4 Å². The molecule has 2 N–H and O–H groups in total. The zero-order valence-electron chi connectivity index (χ0n) is 17.4. The molecule has 2 aromatic rings. The van der Waals surface area contributed by atoms with Crippen LogP contribution < -0.4 is 5.32 Å². The number of aryl methyl sites for hydroxylation is 2. The minimum absolute atomic E-state index is 0.165. The van der Waals surface area contributed by atoms with E-state index in [1.54, 1.807) is 6.92 Å². The van der Waals surface area contributed by atoms with Crippen LogP contribution in [0.5, 0.6) is 0 Å². The van der Waals surface area contributed by atoms with E-state index in [-0.39, 0.29) is 6.04 Å². The summed E-state index contributed by atoms with van der Waals surface area (Å²) in [6, 6.07) is 10.4. The molecule has 1 fully saturated rings. The second-order valence-electron chi connectivity index (χ2n) is 8.39. The van der Waals surface area contributed by atoms with Gasteiger partial charge in [0, 0.05) is 35.4 Å². The van der Waals surface area contributed by atoms with Crippen LogP contribution in [0.2, 0.25) is 10.0 Å². The second kappa shape index (κ2) is 8.55. The normalized spacial score (nSPS) is 16.9. The van der Waals surface area contributed by atoms with Crippen LogP contribution in [-0.4, -0.2) is 29.1 Å². The Kier molecular flexibility index (Phi) is 6.47. The van der Waals surface area contributed by atoms with Gasteiger partial charge in [-0.2, -0.15) is 0 Å². The summed E-state index contributed by atoms with van der Waals surface area (Å²) in [7, 11) is 0. The number of aliphatic carboxylic acids is 1. The number of hydrogen-bond donors (Lipinski definition) is 2. The fourth-order valence-electron chi connectivity index (χ4n) is 4.02. The molecular weight excluding hydrogens is 407 g/mol. The Morgan fingerprint density at radius 2 is 1.83 bits per heavy atom. The molecule has 3 rings (SSSR count). The molecule has 2 aromatic carbocycles.